The van der Waals surface area contributed by atoms with Crippen molar-refractivity contribution in [1.82, 2.24) is 9.55 Å². The van der Waals surface area contributed by atoms with Gasteiger partial charge in [0.25, 0.3) is 0 Å². The Balaban J connectivity index is 0.000000196. The van der Waals surface area contributed by atoms with E-state index in [1.54, 1.807) is 18.5 Å². The van der Waals surface area contributed by atoms with Crippen LogP contribution < -0.4 is 0 Å². The Kier molecular flexibility index (Phi) is 6.16. The van der Waals surface area contributed by atoms with E-state index in [-0.39, 0.29) is 23.2 Å². The number of aromatic hydroxyl groups is 1. The molecular formula is C18H22N2O5. The van der Waals surface area contributed by atoms with E-state index in [1.807, 2.05) is 24.7 Å². The lowest BCUT2D eigenvalue weighted by Gasteiger charge is -2.12. The number of carbonyl (C=O) groups is 2. The van der Waals surface area contributed by atoms with Crippen LogP contribution in [0.3, 0.4) is 0 Å². The smallest absolute Gasteiger partial charge is 0.339 e. The fourth-order valence-corrected chi connectivity index (χ4v) is 2.81. The van der Waals surface area contributed by atoms with Crippen molar-refractivity contribution >= 4 is 11.9 Å². The van der Waals surface area contributed by atoms with Crippen molar-refractivity contribution in [2.75, 3.05) is 6.61 Å². The van der Waals surface area contributed by atoms with Gasteiger partial charge in [-0.15, -0.1) is 0 Å². The van der Waals surface area contributed by atoms with E-state index in [2.05, 4.69) is 4.98 Å². The summed E-state index contributed by atoms with van der Waals surface area (Å²) in [6, 6.07) is 5.81. The fourth-order valence-electron chi connectivity index (χ4n) is 2.81. The maximum Gasteiger partial charge on any atom is 0.339 e. The fraction of sp³-hybridized carbons (Fsp3) is 0.389. The van der Waals surface area contributed by atoms with E-state index in [0.29, 0.717) is 12.5 Å². The number of ether oxygens (including phenoxy) is 1. The maximum atomic E-state index is 11.4. The van der Waals surface area contributed by atoms with E-state index < -0.39 is 5.97 Å². The van der Waals surface area contributed by atoms with Crippen LogP contribution in [-0.4, -0.2) is 38.3 Å². The molecule has 0 spiro atoms. The van der Waals surface area contributed by atoms with Crippen LogP contribution in [0, 0.1) is 11.8 Å². The molecule has 2 unspecified atom stereocenters. The van der Waals surface area contributed by atoms with Gasteiger partial charge < -0.3 is 19.5 Å². The number of hydrogen-bond acceptors (Lipinski definition) is 5. The first-order valence-corrected chi connectivity index (χ1v) is 8.07. The quantitative estimate of drug-likeness (QED) is 0.823. The summed E-state index contributed by atoms with van der Waals surface area (Å²) < 4.78 is 7.08. The van der Waals surface area contributed by atoms with Gasteiger partial charge in [-0.25, -0.2) is 9.78 Å². The van der Waals surface area contributed by atoms with E-state index in [0.717, 1.165) is 18.5 Å². The molecule has 2 N–H and O–H groups in total. The van der Waals surface area contributed by atoms with E-state index in [9.17, 15) is 9.59 Å². The van der Waals surface area contributed by atoms with Gasteiger partial charge in [-0.1, -0.05) is 19.1 Å². The summed E-state index contributed by atoms with van der Waals surface area (Å²) in [5, 5.41) is 17.3. The van der Waals surface area contributed by atoms with Crippen LogP contribution in [0.1, 0.15) is 29.4 Å². The Morgan fingerprint density at radius 3 is 2.64 bits per heavy atom. The van der Waals surface area contributed by atoms with Crippen LogP contribution in [0.2, 0.25) is 0 Å². The summed E-state index contributed by atoms with van der Waals surface area (Å²) in [5.74, 6) is -0.962. The molecule has 0 aliphatic carbocycles. The number of carboxylic acid groups (broad SMARTS) is 1. The normalized spacial score (nSPS) is 19.0. The van der Waals surface area contributed by atoms with Gasteiger partial charge in [0.15, 0.2) is 0 Å². The van der Waals surface area contributed by atoms with Crippen molar-refractivity contribution in [2.24, 2.45) is 18.9 Å². The van der Waals surface area contributed by atoms with Crippen LogP contribution in [0.15, 0.2) is 36.8 Å². The molecule has 2 heterocycles. The number of esters is 1. The molecule has 3 rings (SSSR count). The standard InChI is InChI=1S/C11H16N2O2.C7H6O3/c1-3-10-8(6-15-11(10)14)4-9-5-12-7-13(9)2;8-6-4-2-1-3-5(6)7(9)10/h5,7-8,10H,3-4,6H2,1-2H3;1-4,8H,(H,9,10). The molecule has 7 heteroatoms. The Bertz CT molecular complexity index is 741. The highest BCUT2D eigenvalue weighted by atomic mass is 16.5. The number of rotatable bonds is 4. The number of aromatic nitrogens is 2. The molecule has 0 amide bonds. The highest BCUT2D eigenvalue weighted by Gasteiger charge is 2.35. The molecule has 1 aliphatic heterocycles. The predicted molar refractivity (Wildman–Crippen MR) is 90.2 cm³/mol. The predicted octanol–water partition coefficient (Wildman–Crippen LogP) is 2.25. The Labute approximate surface area is 145 Å². The number of benzene rings is 1. The van der Waals surface area contributed by atoms with Crippen molar-refractivity contribution in [3.05, 3.63) is 48.0 Å². The second-order valence-electron chi connectivity index (χ2n) is 5.93. The Morgan fingerprint density at radius 2 is 2.12 bits per heavy atom. The van der Waals surface area contributed by atoms with E-state index in [1.165, 1.54) is 12.1 Å². The van der Waals surface area contributed by atoms with E-state index in [4.69, 9.17) is 14.9 Å². The number of carbonyl (C=O) groups excluding carboxylic acids is 1. The third-order valence-electron chi connectivity index (χ3n) is 4.27. The summed E-state index contributed by atoms with van der Waals surface area (Å²) in [6.45, 7) is 2.59. The largest absolute Gasteiger partial charge is 0.507 e. The summed E-state index contributed by atoms with van der Waals surface area (Å²) in [5.41, 5.74) is 1.10. The van der Waals surface area contributed by atoms with Crippen LogP contribution in [-0.2, 0) is 23.0 Å². The average Bonchev–Trinajstić information content (AvgIpc) is 3.14. The zero-order valence-corrected chi connectivity index (χ0v) is 14.3. The van der Waals surface area contributed by atoms with Gasteiger partial charge in [-0.3, -0.25) is 4.79 Å². The zero-order chi connectivity index (χ0) is 18.4. The molecule has 25 heavy (non-hydrogen) atoms. The second kappa shape index (κ2) is 8.32. The highest BCUT2D eigenvalue weighted by molar-refractivity contribution is 5.90. The number of nitrogens with zero attached hydrogens (tertiary/aromatic N) is 2. The molecule has 0 radical (unpaired) electrons. The topological polar surface area (TPSA) is 102 Å². The second-order valence-corrected chi connectivity index (χ2v) is 5.93. The molecule has 7 nitrogen and oxygen atoms in total. The van der Waals surface area contributed by atoms with Gasteiger partial charge >= 0.3 is 11.9 Å². The third kappa shape index (κ3) is 4.59. The summed E-state index contributed by atoms with van der Waals surface area (Å²) in [7, 11) is 1.97. The van der Waals surface area contributed by atoms with E-state index >= 15 is 0 Å². The Hall–Kier alpha value is -2.83. The molecule has 1 fully saturated rings. The molecule has 1 aliphatic rings. The molecular weight excluding hydrogens is 324 g/mol. The lowest BCUT2D eigenvalue weighted by atomic mass is 9.89. The minimum absolute atomic E-state index is 0.0373. The Morgan fingerprint density at radius 1 is 1.40 bits per heavy atom. The lowest BCUT2D eigenvalue weighted by molar-refractivity contribution is -0.141. The molecule has 134 valence electrons. The summed E-state index contributed by atoms with van der Waals surface area (Å²) in [4.78, 5) is 25.7. The number of phenols is 1. The molecule has 1 aromatic carbocycles. The van der Waals surface area contributed by atoms with Crippen LogP contribution >= 0.6 is 0 Å². The van der Waals surface area contributed by atoms with Gasteiger partial charge in [0.2, 0.25) is 0 Å². The van der Waals surface area contributed by atoms with Crippen molar-refractivity contribution < 1.29 is 24.5 Å². The summed E-state index contributed by atoms with van der Waals surface area (Å²) >= 11 is 0. The van der Waals surface area contributed by atoms with Crippen molar-refractivity contribution in [2.45, 2.75) is 19.8 Å². The number of para-hydroxylation sites is 1. The number of hydrogen-bond donors (Lipinski definition) is 2. The number of carboxylic acids is 1. The molecule has 0 saturated carbocycles. The van der Waals surface area contributed by atoms with Gasteiger partial charge in [-0.05, 0) is 25.0 Å². The average molecular weight is 346 g/mol. The molecule has 0 bridgehead atoms. The summed E-state index contributed by atoms with van der Waals surface area (Å²) in [6.07, 6.45) is 5.38. The maximum absolute atomic E-state index is 11.4. The van der Waals surface area contributed by atoms with Gasteiger partial charge in [0.05, 0.1) is 18.9 Å². The van der Waals surface area contributed by atoms with Crippen LogP contribution in [0.4, 0.5) is 0 Å². The first-order valence-electron chi connectivity index (χ1n) is 8.07. The minimum Gasteiger partial charge on any atom is -0.507 e. The van der Waals surface area contributed by atoms with Crippen LogP contribution in [0.5, 0.6) is 5.75 Å². The third-order valence-corrected chi connectivity index (χ3v) is 4.27. The molecule has 2 aromatic rings. The number of aryl methyl sites for hydroxylation is 1. The van der Waals surface area contributed by atoms with Gasteiger partial charge in [0, 0.05) is 24.9 Å². The van der Waals surface area contributed by atoms with Crippen molar-refractivity contribution in [1.29, 1.82) is 0 Å². The molecule has 1 aromatic heterocycles. The molecule has 2 atom stereocenters. The molecule has 1 saturated heterocycles. The number of cyclic esters (lactones) is 1. The van der Waals surface area contributed by atoms with Crippen molar-refractivity contribution in [3.63, 3.8) is 0 Å². The van der Waals surface area contributed by atoms with Gasteiger partial charge in [-0.2, -0.15) is 0 Å². The zero-order valence-electron chi connectivity index (χ0n) is 14.3. The SMILES string of the molecule is CCC1C(=O)OCC1Cc1cncn1C.O=C(O)c1ccccc1O. The minimum atomic E-state index is -1.11. The highest BCUT2D eigenvalue weighted by Crippen LogP contribution is 2.27. The monoisotopic (exact) mass is 346 g/mol. The van der Waals surface area contributed by atoms with Gasteiger partial charge in [0.1, 0.15) is 11.3 Å². The first-order chi connectivity index (χ1) is 11.9. The van der Waals surface area contributed by atoms with Crippen molar-refractivity contribution in [3.8, 4) is 5.75 Å². The lowest BCUT2D eigenvalue weighted by Crippen LogP contribution is -2.18. The first kappa shape index (κ1) is 18.5. The van der Waals surface area contributed by atoms with Crippen LogP contribution in [0.25, 0.3) is 0 Å². The number of imidazole rings is 1. The number of aromatic carboxylic acids is 1.